The molecule has 0 saturated heterocycles. The lowest BCUT2D eigenvalue weighted by molar-refractivity contribution is -0.138. The number of unbranched alkanes of at least 4 members (excludes halogenated alkanes) is 1. The molecular weight excluding hydrogens is 660 g/mol. The van der Waals surface area contributed by atoms with E-state index in [4.69, 9.17) is 14.6 Å². The number of carboxylic acid groups (broad SMARTS) is 1. The van der Waals surface area contributed by atoms with Gasteiger partial charge in [-0.25, -0.2) is 14.8 Å². The summed E-state index contributed by atoms with van der Waals surface area (Å²) in [5, 5.41) is 21.3. The molecule has 0 fully saturated rings. The zero-order valence-corrected chi connectivity index (χ0v) is 26.5. The van der Waals surface area contributed by atoms with Gasteiger partial charge in [0.15, 0.2) is 5.75 Å². The quantitative estimate of drug-likeness (QED) is 0.143. The number of fused-ring (bicyclic) bond motifs is 1. The van der Waals surface area contributed by atoms with Crippen LogP contribution < -0.4 is 15.0 Å². The number of nitriles is 1. The van der Waals surface area contributed by atoms with Crippen LogP contribution in [0.2, 0.25) is 0 Å². The van der Waals surface area contributed by atoms with Gasteiger partial charge in [0.2, 0.25) is 5.95 Å². The molecule has 1 aromatic heterocycles. The van der Waals surface area contributed by atoms with Crippen LogP contribution in [-0.4, -0.2) is 46.4 Å². The number of ether oxygens (including phenoxy) is 2. The van der Waals surface area contributed by atoms with Crippen LogP contribution in [0.5, 0.6) is 5.75 Å². The van der Waals surface area contributed by atoms with Crippen molar-refractivity contribution in [1.82, 2.24) is 9.97 Å². The van der Waals surface area contributed by atoms with E-state index in [1.54, 1.807) is 13.0 Å². The summed E-state index contributed by atoms with van der Waals surface area (Å²) < 4.78 is 93.2. The van der Waals surface area contributed by atoms with Gasteiger partial charge in [-0.2, -0.15) is 31.6 Å². The lowest BCUT2D eigenvalue weighted by Gasteiger charge is -2.40. The number of carbonyl (C=O) groups is 2. The molecule has 3 aromatic rings. The summed E-state index contributed by atoms with van der Waals surface area (Å²) in [6.45, 7) is 3.51. The second-order valence-corrected chi connectivity index (χ2v) is 11.2. The van der Waals surface area contributed by atoms with Gasteiger partial charge < -0.3 is 19.9 Å². The minimum absolute atomic E-state index is 0.0422. The zero-order valence-electron chi connectivity index (χ0n) is 26.5. The number of carboxylic acids is 1. The molecule has 4 rings (SSSR count). The van der Waals surface area contributed by atoms with Crippen molar-refractivity contribution in [3.63, 3.8) is 0 Å². The normalized spacial score (nSPS) is 16.0. The van der Waals surface area contributed by atoms with Gasteiger partial charge in [0.25, 0.3) is 0 Å². The predicted molar refractivity (Wildman–Crippen MR) is 164 cm³/mol. The van der Waals surface area contributed by atoms with Gasteiger partial charge in [0, 0.05) is 18.9 Å². The number of aliphatic carboxylic acids is 1. The summed E-state index contributed by atoms with van der Waals surface area (Å²) in [6, 6.07) is 6.29. The number of nitrogens with one attached hydrogen (secondary N) is 1. The maximum absolute atomic E-state index is 13.8. The van der Waals surface area contributed by atoms with Crippen LogP contribution >= 0.6 is 0 Å². The molecular formula is C33H33F6N5O5. The largest absolute Gasteiger partial charge is 0.490 e. The molecule has 16 heteroatoms. The lowest BCUT2D eigenvalue weighted by Crippen LogP contribution is -2.46. The van der Waals surface area contributed by atoms with E-state index in [0.717, 1.165) is 24.3 Å². The van der Waals surface area contributed by atoms with E-state index >= 15 is 0 Å². The number of nitrogens with zero attached hydrogens (tertiary/aromatic N) is 4. The van der Waals surface area contributed by atoms with Crippen molar-refractivity contribution in [3.8, 4) is 11.8 Å². The number of rotatable bonds is 12. The van der Waals surface area contributed by atoms with Crippen molar-refractivity contribution >= 4 is 23.7 Å². The van der Waals surface area contributed by atoms with E-state index < -0.39 is 47.6 Å². The van der Waals surface area contributed by atoms with Crippen molar-refractivity contribution in [2.75, 3.05) is 23.4 Å². The van der Waals surface area contributed by atoms with E-state index in [9.17, 15) is 41.2 Å². The summed E-state index contributed by atoms with van der Waals surface area (Å²) >= 11 is 0. The zero-order chi connectivity index (χ0) is 35.9. The molecule has 10 nitrogen and oxygen atoms in total. The molecule has 0 spiro atoms. The van der Waals surface area contributed by atoms with Crippen molar-refractivity contribution < 1.29 is 50.5 Å². The van der Waals surface area contributed by atoms with Crippen LogP contribution in [0, 0.1) is 11.3 Å². The standard InChI is InChI=1S/C33H33F6N5O5/c1-3-23-16-25(24-15-21(32(34,35)36)8-9-27(24)44(23)31(47)48-4-2)42-30-41-18-28(49-10-6-5-7-29(45)46)26(43-30)14-19-11-20(17-40)13-22(12-19)33(37,38)39/h8-9,11-13,15,18,23,25H,3-7,10,14,16H2,1-2H3,(H,45,46)(H,41,42,43)/t23-,25+/m1/s1. The Morgan fingerprint density at radius 3 is 2.43 bits per heavy atom. The molecule has 2 atom stereocenters. The second-order valence-electron chi connectivity index (χ2n) is 11.2. The fraction of sp³-hybridized carbons (Fsp3) is 0.424. The van der Waals surface area contributed by atoms with E-state index in [-0.39, 0.29) is 72.2 Å². The predicted octanol–water partition coefficient (Wildman–Crippen LogP) is 7.91. The Labute approximate surface area is 277 Å². The highest BCUT2D eigenvalue weighted by Crippen LogP contribution is 2.43. The van der Waals surface area contributed by atoms with Gasteiger partial charge in [-0.1, -0.05) is 6.92 Å². The third-order valence-electron chi connectivity index (χ3n) is 7.79. The maximum atomic E-state index is 13.8. The van der Waals surface area contributed by atoms with Crippen LogP contribution in [0.1, 0.15) is 85.5 Å². The Balaban J connectivity index is 1.74. The molecule has 2 N–H and O–H groups in total. The molecule has 0 bridgehead atoms. The van der Waals surface area contributed by atoms with Crippen LogP contribution in [0.15, 0.2) is 42.6 Å². The van der Waals surface area contributed by atoms with Gasteiger partial charge >= 0.3 is 24.4 Å². The lowest BCUT2D eigenvalue weighted by atomic mass is 9.89. The molecule has 262 valence electrons. The monoisotopic (exact) mass is 693 g/mol. The molecule has 0 unspecified atom stereocenters. The Morgan fingerprint density at radius 1 is 1.06 bits per heavy atom. The Morgan fingerprint density at radius 2 is 1.80 bits per heavy atom. The highest BCUT2D eigenvalue weighted by Gasteiger charge is 2.39. The van der Waals surface area contributed by atoms with E-state index in [0.29, 0.717) is 19.3 Å². The number of hydrogen-bond donors (Lipinski definition) is 2. The first-order valence-corrected chi connectivity index (χ1v) is 15.4. The molecule has 49 heavy (non-hydrogen) atoms. The third kappa shape index (κ3) is 9.30. The summed E-state index contributed by atoms with van der Waals surface area (Å²) in [7, 11) is 0. The number of hydrogen-bond acceptors (Lipinski definition) is 8. The second kappa shape index (κ2) is 15.4. The topological polar surface area (TPSA) is 138 Å². The number of anilines is 2. The van der Waals surface area contributed by atoms with Crippen LogP contribution in [0.25, 0.3) is 0 Å². The van der Waals surface area contributed by atoms with Crippen molar-refractivity contribution in [1.29, 1.82) is 5.26 Å². The smallest absolute Gasteiger partial charge is 0.416 e. The number of halogens is 6. The molecule has 1 amide bonds. The third-order valence-corrected chi connectivity index (χ3v) is 7.79. The van der Waals surface area contributed by atoms with Gasteiger partial charge in [-0.05, 0) is 80.1 Å². The number of carbonyl (C=O) groups excluding carboxylic acids is 1. The number of aromatic nitrogens is 2. The summed E-state index contributed by atoms with van der Waals surface area (Å²) in [5.74, 6) is -0.978. The molecule has 0 radical (unpaired) electrons. The van der Waals surface area contributed by atoms with Crippen LogP contribution in [0.3, 0.4) is 0 Å². The number of benzene rings is 2. The first-order valence-electron chi connectivity index (χ1n) is 15.4. The van der Waals surface area contributed by atoms with Gasteiger partial charge in [-0.15, -0.1) is 0 Å². The van der Waals surface area contributed by atoms with E-state index in [1.807, 2.05) is 6.92 Å². The van der Waals surface area contributed by atoms with Crippen molar-refractivity contribution in [3.05, 3.63) is 76.1 Å². The SMILES string of the molecule is CCOC(=O)N1c2ccc(C(F)(F)F)cc2[C@@H](Nc2ncc(OCCCCC(=O)O)c(Cc3cc(C#N)cc(C(F)(F)F)c3)n2)C[C@H]1CC. The Bertz CT molecular complexity index is 1710. The van der Waals surface area contributed by atoms with Crippen molar-refractivity contribution in [2.45, 2.75) is 76.8 Å². The highest BCUT2D eigenvalue weighted by atomic mass is 19.4. The molecule has 1 aliphatic heterocycles. The summed E-state index contributed by atoms with van der Waals surface area (Å²) in [4.78, 5) is 33.9. The van der Waals surface area contributed by atoms with E-state index in [2.05, 4.69) is 15.3 Å². The Hall–Kier alpha value is -5.07. The fourth-order valence-electron chi connectivity index (χ4n) is 5.51. The van der Waals surface area contributed by atoms with Gasteiger partial charge in [0.1, 0.15) is 0 Å². The van der Waals surface area contributed by atoms with Gasteiger partial charge in [0.05, 0.1) is 59.6 Å². The van der Waals surface area contributed by atoms with Crippen LogP contribution in [0.4, 0.5) is 42.8 Å². The maximum Gasteiger partial charge on any atom is 0.416 e. The summed E-state index contributed by atoms with van der Waals surface area (Å²) in [6.07, 6.45) is -8.00. The van der Waals surface area contributed by atoms with Crippen molar-refractivity contribution in [2.24, 2.45) is 0 Å². The molecule has 2 heterocycles. The average Bonchev–Trinajstić information content (AvgIpc) is 3.03. The number of amides is 1. The van der Waals surface area contributed by atoms with E-state index in [1.165, 1.54) is 23.2 Å². The molecule has 1 aliphatic rings. The van der Waals surface area contributed by atoms with Gasteiger partial charge in [-0.3, -0.25) is 9.69 Å². The summed E-state index contributed by atoms with van der Waals surface area (Å²) in [5.41, 5.74) is -1.68. The highest BCUT2D eigenvalue weighted by molar-refractivity contribution is 5.90. The molecule has 0 aliphatic carbocycles. The fourth-order valence-corrected chi connectivity index (χ4v) is 5.51. The number of alkyl halides is 6. The minimum atomic E-state index is -4.74. The first-order chi connectivity index (χ1) is 23.1. The molecule has 0 saturated carbocycles. The van der Waals surface area contributed by atoms with Crippen LogP contribution in [-0.2, 0) is 28.3 Å². The molecule has 2 aromatic carbocycles. The minimum Gasteiger partial charge on any atom is -0.490 e. The Kier molecular flexibility index (Phi) is 11.6. The average molecular weight is 694 g/mol. The first kappa shape index (κ1) is 36.8.